The Labute approximate surface area is 90.4 Å². The van der Waals surface area contributed by atoms with Gasteiger partial charge in [-0.25, -0.2) is 4.98 Å². The lowest BCUT2D eigenvalue weighted by atomic mass is 9.86. The first-order valence-corrected chi connectivity index (χ1v) is 5.21. The monoisotopic (exact) mass is 200 g/mol. The maximum Gasteiger partial charge on any atom is 0.0927 e. The summed E-state index contributed by atoms with van der Waals surface area (Å²) in [7, 11) is 0. The van der Waals surface area contributed by atoms with Gasteiger partial charge >= 0.3 is 0 Å². The van der Waals surface area contributed by atoms with Crippen molar-refractivity contribution in [2.45, 2.75) is 33.1 Å². The molecule has 0 aliphatic heterocycles. The summed E-state index contributed by atoms with van der Waals surface area (Å²) in [5.41, 5.74) is 4.36. The van der Waals surface area contributed by atoms with Crippen LogP contribution in [0.15, 0.2) is 24.4 Å². The Balaban J connectivity index is 2.80. The smallest absolute Gasteiger partial charge is 0.0927 e. The summed E-state index contributed by atoms with van der Waals surface area (Å²) in [5, 5.41) is 0. The molecule has 0 fully saturated rings. The largest absolute Gasteiger partial charge is 0.253 e. The van der Waals surface area contributed by atoms with Crippen LogP contribution in [0.5, 0.6) is 0 Å². The van der Waals surface area contributed by atoms with Crippen LogP contribution in [0.2, 0.25) is 0 Å². The zero-order chi connectivity index (χ0) is 11.1. The second-order valence-corrected chi connectivity index (χ2v) is 4.93. The van der Waals surface area contributed by atoms with Crippen molar-refractivity contribution in [3.8, 4) is 0 Å². The van der Waals surface area contributed by atoms with Crippen LogP contribution in [0.3, 0.4) is 0 Å². The molecule has 15 heavy (non-hydrogen) atoms. The number of hydrogen-bond donors (Lipinski definition) is 0. The van der Waals surface area contributed by atoms with E-state index in [2.05, 4.69) is 36.8 Å². The lowest BCUT2D eigenvalue weighted by Crippen LogP contribution is -2.12. The standard InChI is InChI=1S/C13H16N2/c1-9-8-14-11-7-5-6-10(12(11)15-9)13(2,3)4/h5-8H,1-4H3. The van der Waals surface area contributed by atoms with Crippen molar-refractivity contribution in [2.75, 3.05) is 0 Å². The van der Waals surface area contributed by atoms with Gasteiger partial charge in [0.1, 0.15) is 0 Å². The van der Waals surface area contributed by atoms with E-state index in [9.17, 15) is 0 Å². The third kappa shape index (κ3) is 1.84. The van der Waals surface area contributed by atoms with Crippen LogP contribution in [-0.4, -0.2) is 9.97 Å². The fourth-order valence-electron chi connectivity index (χ4n) is 1.73. The van der Waals surface area contributed by atoms with Crippen LogP contribution in [-0.2, 0) is 5.41 Å². The highest BCUT2D eigenvalue weighted by Gasteiger charge is 2.17. The summed E-state index contributed by atoms with van der Waals surface area (Å²) in [5.74, 6) is 0. The molecule has 0 N–H and O–H groups in total. The maximum absolute atomic E-state index is 4.58. The fraction of sp³-hybridized carbons (Fsp3) is 0.385. The highest BCUT2D eigenvalue weighted by Crippen LogP contribution is 2.27. The average molecular weight is 200 g/mol. The lowest BCUT2D eigenvalue weighted by Gasteiger charge is -2.20. The van der Waals surface area contributed by atoms with Crippen molar-refractivity contribution in [2.24, 2.45) is 0 Å². The van der Waals surface area contributed by atoms with E-state index >= 15 is 0 Å². The molecule has 0 spiro atoms. The molecule has 2 aromatic rings. The van der Waals surface area contributed by atoms with Gasteiger partial charge in [-0.2, -0.15) is 0 Å². The van der Waals surface area contributed by atoms with E-state index in [1.165, 1.54) is 5.56 Å². The number of fused-ring (bicyclic) bond motifs is 1. The number of nitrogens with zero attached hydrogens (tertiary/aromatic N) is 2. The SMILES string of the molecule is Cc1cnc2cccc(C(C)(C)C)c2n1. The Kier molecular flexibility index (Phi) is 2.22. The van der Waals surface area contributed by atoms with Crippen molar-refractivity contribution >= 4 is 11.0 Å². The molecule has 78 valence electrons. The predicted octanol–water partition coefficient (Wildman–Crippen LogP) is 3.24. The first-order valence-electron chi connectivity index (χ1n) is 5.21. The van der Waals surface area contributed by atoms with Crippen LogP contribution in [0.25, 0.3) is 11.0 Å². The van der Waals surface area contributed by atoms with E-state index in [-0.39, 0.29) is 5.41 Å². The van der Waals surface area contributed by atoms with E-state index in [1.807, 2.05) is 25.3 Å². The van der Waals surface area contributed by atoms with Crippen LogP contribution < -0.4 is 0 Å². The quantitative estimate of drug-likeness (QED) is 0.652. The van der Waals surface area contributed by atoms with Gasteiger partial charge in [-0.05, 0) is 24.0 Å². The van der Waals surface area contributed by atoms with Crippen molar-refractivity contribution in [1.29, 1.82) is 0 Å². The van der Waals surface area contributed by atoms with Gasteiger partial charge < -0.3 is 0 Å². The second kappa shape index (κ2) is 3.30. The fourth-order valence-corrected chi connectivity index (χ4v) is 1.73. The molecule has 2 nitrogen and oxygen atoms in total. The minimum Gasteiger partial charge on any atom is -0.253 e. The number of benzene rings is 1. The topological polar surface area (TPSA) is 25.8 Å². The average Bonchev–Trinajstić information content (AvgIpc) is 2.15. The first-order chi connectivity index (χ1) is 6.98. The zero-order valence-electron chi connectivity index (χ0n) is 9.70. The Morgan fingerprint density at radius 2 is 1.87 bits per heavy atom. The first kappa shape index (κ1) is 10.1. The molecule has 0 atom stereocenters. The van der Waals surface area contributed by atoms with E-state index in [0.29, 0.717) is 0 Å². The van der Waals surface area contributed by atoms with E-state index < -0.39 is 0 Å². The van der Waals surface area contributed by atoms with Gasteiger partial charge in [-0.15, -0.1) is 0 Å². The highest BCUT2D eigenvalue weighted by molar-refractivity contribution is 5.78. The molecular formula is C13H16N2. The number of hydrogen-bond acceptors (Lipinski definition) is 2. The molecule has 0 bridgehead atoms. The summed E-state index contributed by atoms with van der Waals surface area (Å²) < 4.78 is 0. The van der Waals surface area contributed by atoms with Crippen molar-refractivity contribution in [1.82, 2.24) is 9.97 Å². The van der Waals surface area contributed by atoms with Crippen LogP contribution in [0.1, 0.15) is 32.0 Å². The molecule has 0 aliphatic rings. The third-order valence-corrected chi connectivity index (χ3v) is 2.50. The Morgan fingerprint density at radius 3 is 2.53 bits per heavy atom. The van der Waals surface area contributed by atoms with Crippen LogP contribution >= 0.6 is 0 Å². The summed E-state index contributed by atoms with van der Waals surface area (Å²) in [6.07, 6.45) is 1.81. The number of aryl methyl sites for hydroxylation is 1. The van der Waals surface area contributed by atoms with Gasteiger partial charge in [0, 0.05) is 6.20 Å². The summed E-state index contributed by atoms with van der Waals surface area (Å²) >= 11 is 0. The maximum atomic E-state index is 4.58. The van der Waals surface area contributed by atoms with Gasteiger partial charge in [0.05, 0.1) is 16.7 Å². The normalized spacial score (nSPS) is 12.0. The van der Waals surface area contributed by atoms with Crippen molar-refractivity contribution in [3.05, 3.63) is 35.7 Å². The third-order valence-electron chi connectivity index (χ3n) is 2.50. The molecule has 0 unspecified atom stereocenters. The second-order valence-electron chi connectivity index (χ2n) is 4.93. The molecule has 1 aromatic carbocycles. The molecule has 0 saturated heterocycles. The highest BCUT2D eigenvalue weighted by atomic mass is 14.8. The van der Waals surface area contributed by atoms with E-state index in [0.717, 1.165) is 16.7 Å². The van der Waals surface area contributed by atoms with Crippen molar-refractivity contribution in [3.63, 3.8) is 0 Å². The molecule has 0 aliphatic carbocycles. The number of aromatic nitrogens is 2. The van der Waals surface area contributed by atoms with Gasteiger partial charge in [0.2, 0.25) is 0 Å². The zero-order valence-corrected chi connectivity index (χ0v) is 9.70. The molecule has 1 aromatic heterocycles. The number of rotatable bonds is 0. The van der Waals surface area contributed by atoms with Gasteiger partial charge in [-0.1, -0.05) is 32.9 Å². The molecule has 0 radical (unpaired) electrons. The number of para-hydroxylation sites is 1. The van der Waals surface area contributed by atoms with E-state index in [1.54, 1.807) is 0 Å². The molecular weight excluding hydrogens is 184 g/mol. The molecule has 0 saturated carbocycles. The summed E-state index contributed by atoms with van der Waals surface area (Å²) in [6.45, 7) is 8.58. The minimum atomic E-state index is 0.113. The van der Waals surface area contributed by atoms with Crippen LogP contribution in [0.4, 0.5) is 0 Å². The van der Waals surface area contributed by atoms with Gasteiger partial charge in [0.15, 0.2) is 0 Å². The Morgan fingerprint density at radius 1 is 1.13 bits per heavy atom. The minimum absolute atomic E-state index is 0.113. The lowest BCUT2D eigenvalue weighted by molar-refractivity contribution is 0.594. The molecule has 0 amide bonds. The van der Waals surface area contributed by atoms with Crippen molar-refractivity contribution < 1.29 is 0 Å². The van der Waals surface area contributed by atoms with E-state index in [4.69, 9.17) is 0 Å². The summed E-state index contributed by atoms with van der Waals surface area (Å²) in [4.78, 5) is 8.97. The van der Waals surface area contributed by atoms with Gasteiger partial charge in [-0.3, -0.25) is 4.98 Å². The molecule has 1 heterocycles. The molecule has 2 rings (SSSR count). The Bertz CT molecular complexity index is 495. The summed E-state index contributed by atoms with van der Waals surface area (Å²) in [6, 6.07) is 6.19. The predicted molar refractivity (Wildman–Crippen MR) is 63.0 cm³/mol. The molecule has 2 heteroatoms. The Hall–Kier alpha value is -1.44. The van der Waals surface area contributed by atoms with Gasteiger partial charge in [0.25, 0.3) is 0 Å². The van der Waals surface area contributed by atoms with Crippen LogP contribution in [0, 0.1) is 6.92 Å².